The zero-order valence-corrected chi connectivity index (χ0v) is 18.1. The Morgan fingerprint density at radius 3 is 2.55 bits per heavy atom. The van der Waals surface area contributed by atoms with Crippen LogP contribution in [0.15, 0.2) is 78.2 Å². The number of carbonyl (C=O) groups excluding carboxylic acids is 1. The maximum atomic E-state index is 12.7. The van der Waals surface area contributed by atoms with Gasteiger partial charge in [-0.15, -0.1) is 0 Å². The molecular formula is C21H18N6O5S. The average molecular weight is 466 g/mol. The molecule has 0 saturated heterocycles. The van der Waals surface area contributed by atoms with Crippen LogP contribution in [0.25, 0.3) is 5.82 Å². The van der Waals surface area contributed by atoms with Crippen LogP contribution >= 0.6 is 0 Å². The van der Waals surface area contributed by atoms with Crippen LogP contribution in [-0.2, 0) is 10.0 Å². The zero-order chi connectivity index (χ0) is 23.4. The normalized spacial score (nSPS) is 11.1. The predicted octanol–water partition coefficient (Wildman–Crippen LogP) is 2.36. The maximum absolute atomic E-state index is 12.7. The van der Waals surface area contributed by atoms with Crippen molar-refractivity contribution in [2.24, 2.45) is 5.73 Å². The first kappa shape index (κ1) is 21.8. The summed E-state index contributed by atoms with van der Waals surface area (Å²) in [7, 11) is -2.62. The molecule has 11 nitrogen and oxygen atoms in total. The number of aromatic nitrogens is 4. The van der Waals surface area contributed by atoms with E-state index in [4.69, 9.17) is 15.2 Å². The molecule has 0 saturated carbocycles. The van der Waals surface area contributed by atoms with Crippen LogP contribution in [0.4, 0.5) is 5.69 Å². The van der Waals surface area contributed by atoms with Crippen molar-refractivity contribution in [3.63, 3.8) is 0 Å². The molecule has 0 unspecified atom stereocenters. The van der Waals surface area contributed by atoms with E-state index in [9.17, 15) is 13.2 Å². The minimum Gasteiger partial charge on any atom is -0.496 e. The Labute approximate surface area is 188 Å². The molecule has 0 aliphatic carbocycles. The summed E-state index contributed by atoms with van der Waals surface area (Å²) in [5.74, 6) is 0.642. The average Bonchev–Trinajstić information content (AvgIpc) is 3.35. The van der Waals surface area contributed by atoms with Gasteiger partial charge in [-0.05, 0) is 48.5 Å². The standard InChI is InChI=1S/C21H18N6O5S/c1-31-18-8-7-16(11-17(18)21(22)28)33(29,30)26-14-3-5-15(6-4-14)32-20-12-19(23-13-24-20)27-10-2-9-25-27/h2-13,26H,1H3,(H2,22,28). The number of amides is 1. The van der Waals surface area contributed by atoms with E-state index in [1.807, 2.05) is 0 Å². The van der Waals surface area contributed by atoms with Gasteiger partial charge in [0.2, 0.25) is 5.88 Å². The minimum atomic E-state index is -3.98. The molecule has 0 spiro atoms. The second-order valence-electron chi connectivity index (χ2n) is 6.62. The number of nitrogens with one attached hydrogen (secondary N) is 1. The number of methoxy groups -OCH3 is 1. The number of nitrogens with zero attached hydrogens (tertiary/aromatic N) is 4. The fourth-order valence-electron chi connectivity index (χ4n) is 2.89. The van der Waals surface area contributed by atoms with Crippen LogP contribution in [0.2, 0.25) is 0 Å². The van der Waals surface area contributed by atoms with Crippen molar-refractivity contribution < 1.29 is 22.7 Å². The predicted molar refractivity (Wildman–Crippen MR) is 118 cm³/mol. The molecule has 0 radical (unpaired) electrons. The number of carbonyl (C=O) groups is 1. The summed E-state index contributed by atoms with van der Waals surface area (Å²) in [6.07, 6.45) is 4.72. The molecule has 2 heterocycles. The molecule has 3 N–H and O–H groups in total. The Morgan fingerprint density at radius 1 is 1.09 bits per heavy atom. The number of benzene rings is 2. The van der Waals surface area contributed by atoms with Gasteiger partial charge in [-0.2, -0.15) is 5.10 Å². The summed E-state index contributed by atoms with van der Waals surface area (Å²) in [6.45, 7) is 0. The van der Waals surface area contributed by atoms with Gasteiger partial charge >= 0.3 is 0 Å². The molecule has 0 fully saturated rings. The maximum Gasteiger partial charge on any atom is 0.261 e. The fraction of sp³-hybridized carbons (Fsp3) is 0.0476. The smallest absolute Gasteiger partial charge is 0.261 e. The SMILES string of the molecule is COc1ccc(S(=O)(=O)Nc2ccc(Oc3cc(-n4cccn4)ncn3)cc2)cc1C(N)=O. The third kappa shape index (κ3) is 4.91. The highest BCUT2D eigenvalue weighted by Crippen LogP contribution is 2.26. The summed E-state index contributed by atoms with van der Waals surface area (Å²) in [5, 5.41) is 4.10. The van der Waals surface area contributed by atoms with Gasteiger partial charge in [0.05, 0.1) is 17.6 Å². The number of sulfonamides is 1. The topological polar surface area (TPSA) is 151 Å². The molecule has 1 amide bonds. The molecule has 0 aliphatic rings. The number of primary amides is 1. The van der Waals surface area contributed by atoms with E-state index in [-0.39, 0.29) is 16.2 Å². The highest BCUT2D eigenvalue weighted by atomic mass is 32.2. The first-order valence-corrected chi connectivity index (χ1v) is 10.9. The second kappa shape index (κ2) is 8.96. The number of ether oxygens (including phenoxy) is 2. The Bertz CT molecular complexity index is 1390. The van der Waals surface area contributed by atoms with Crippen molar-refractivity contribution in [2.45, 2.75) is 4.90 Å². The Kier molecular flexibility index (Phi) is 5.91. The first-order chi connectivity index (χ1) is 15.9. The van der Waals surface area contributed by atoms with E-state index in [0.29, 0.717) is 23.1 Å². The van der Waals surface area contributed by atoms with E-state index in [1.54, 1.807) is 41.3 Å². The van der Waals surface area contributed by atoms with Gasteiger partial charge in [-0.3, -0.25) is 9.52 Å². The van der Waals surface area contributed by atoms with E-state index >= 15 is 0 Å². The zero-order valence-electron chi connectivity index (χ0n) is 17.2. The molecule has 2 aromatic heterocycles. The molecule has 4 aromatic rings. The summed E-state index contributed by atoms with van der Waals surface area (Å²) in [5.41, 5.74) is 5.56. The van der Waals surface area contributed by atoms with E-state index in [1.165, 1.54) is 37.7 Å². The van der Waals surface area contributed by atoms with Crippen LogP contribution in [-0.4, -0.2) is 41.2 Å². The lowest BCUT2D eigenvalue weighted by molar-refractivity contribution is 0.0997. The van der Waals surface area contributed by atoms with Crippen molar-refractivity contribution in [1.29, 1.82) is 0 Å². The van der Waals surface area contributed by atoms with Crippen molar-refractivity contribution in [3.05, 3.63) is 78.9 Å². The molecule has 2 aromatic carbocycles. The van der Waals surface area contributed by atoms with Crippen molar-refractivity contribution in [3.8, 4) is 23.2 Å². The third-order valence-corrected chi connectivity index (χ3v) is 5.82. The van der Waals surface area contributed by atoms with Gasteiger partial charge in [0.1, 0.15) is 17.8 Å². The van der Waals surface area contributed by atoms with Gasteiger partial charge in [0.25, 0.3) is 15.9 Å². The van der Waals surface area contributed by atoms with Gasteiger partial charge in [-0.1, -0.05) is 0 Å². The Balaban J connectivity index is 1.49. The largest absolute Gasteiger partial charge is 0.496 e. The molecule has 4 rings (SSSR count). The number of hydrogen-bond acceptors (Lipinski definition) is 8. The Hall–Kier alpha value is -4.45. The summed E-state index contributed by atoms with van der Waals surface area (Å²) in [4.78, 5) is 19.7. The lowest BCUT2D eigenvalue weighted by Gasteiger charge is -2.11. The van der Waals surface area contributed by atoms with Crippen LogP contribution in [0.5, 0.6) is 17.4 Å². The molecule has 33 heavy (non-hydrogen) atoms. The lowest BCUT2D eigenvalue weighted by Crippen LogP contribution is -2.16. The Morgan fingerprint density at radius 2 is 1.88 bits per heavy atom. The quantitative estimate of drug-likeness (QED) is 0.401. The highest BCUT2D eigenvalue weighted by Gasteiger charge is 2.19. The summed E-state index contributed by atoms with van der Waals surface area (Å²) in [6, 6.07) is 13.4. The van der Waals surface area contributed by atoms with Crippen LogP contribution < -0.4 is 19.9 Å². The summed E-state index contributed by atoms with van der Waals surface area (Å²) < 4.78 is 40.2. The van der Waals surface area contributed by atoms with Gasteiger partial charge < -0.3 is 15.2 Å². The molecule has 0 bridgehead atoms. The highest BCUT2D eigenvalue weighted by molar-refractivity contribution is 7.92. The van der Waals surface area contributed by atoms with E-state index in [0.717, 1.165) is 6.07 Å². The molecule has 168 valence electrons. The van der Waals surface area contributed by atoms with Gasteiger partial charge in [0.15, 0.2) is 5.82 Å². The number of rotatable bonds is 8. The van der Waals surface area contributed by atoms with Crippen molar-refractivity contribution in [2.75, 3.05) is 11.8 Å². The monoisotopic (exact) mass is 466 g/mol. The van der Waals surface area contributed by atoms with Gasteiger partial charge in [-0.25, -0.2) is 23.1 Å². The van der Waals surface area contributed by atoms with Gasteiger partial charge in [0, 0.05) is 24.1 Å². The molecule has 0 aliphatic heterocycles. The van der Waals surface area contributed by atoms with Crippen LogP contribution in [0, 0.1) is 0 Å². The van der Waals surface area contributed by atoms with E-state index < -0.39 is 15.9 Å². The fourth-order valence-corrected chi connectivity index (χ4v) is 3.97. The minimum absolute atomic E-state index is 0.0385. The number of nitrogens with two attached hydrogens (primary N) is 1. The van der Waals surface area contributed by atoms with E-state index in [2.05, 4.69) is 19.8 Å². The van der Waals surface area contributed by atoms with Crippen LogP contribution in [0.1, 0.15) is 10.4 Å². The van der Waals surface area contributed by atoms with Crippen molar-refractivity contribution >= 4 is 21.6 Å². The number of anilines is 1. The van der Waals surface area contributed by atoms with Crippen molar-refractivity contribution in [1.82, 2.24) is 19.7 Å². The molecule has 12 heteroatoms. The first-order valence-electron chi connectivity index (χ1n) is 9.46. The summed E-state index contributed by atoms with van der Waals surface area (Å²) >= 11 is 0. The second-order valence-corrected chi connectivity index (χ2v) is 8.31. The molecule has 0 atom stereocenters. The lowest BCUT2D eigenvalue weighted by atomic mass is 10.2. The number of hydrogen-bond donors (Lipinski definition) is 2. The van der Waals surface area contributed by atoms with Crippen LogP contribution in [0.3, 0.4) is 0 Å². The molecular weight excluding hydrogens is 448 g/mol. The third-order valence-electron chi connectivity index (χ3n) is 4.44.